The van der Waals surface area contributed by atoms with Gasteiger partial charge in [0.15, 0.2) is 0 Å². The van der Waals surface area contributed by atoms with Crippen LogP contribution in [0.4, 0.5) is 0 Å². The first kappa shape index (κ1) is 10.1. The van der Waals surface area contributed by atoms with Crippen molar-refractivity contribution in [3.63, 3.8) is 0 Å². The molecule has 11 heavy (non-hydrogen) atoms. The fraction of sp³-hybridized carbons (Fsp3) is 0.750. The molecular weight excluding hydrogens is 138 g/mol. The Labute approximate surface area is 68.2 Å². The van der Waals surface area contributed by atoms with Gasteiger partial charge in [-0.1, -0.05) is 13.8 Å². The number of nitrogens with two attached hydrogens (primary N) is 1. The van der Waals surface area contributed by atoms with Crippen molar-refractivity contribution < 1.29 is 0 Å². The van der Waals surface area contributed by atoms with Crippen LogP contribution in [0, 0.1) is 11.3 Å². The number of amidine groups is 1. The van der Waals surface area contributed by atoms with E-state index in [2.05, 4.69) is 18.8 Å². The van der Waals surface area contributed by atoms with Crippen LogP contribution < -0.4 is 5.73 Å². The minimum absolute atomic E-state index is 0.277. The molecule has 64 valence electrons. The molecule has 0 fully saturated rings. The summed E-state index contributed by atoms with van der Waals surface area (Å²) in [6, 6.07) is 0. The van der Waals surface area contributed by atoms with Gasteiger partial charge in [-0.3, -0.25) is 4.99 Å². The van der Waals surface area contributed by atoms with Gasteiger partial charge in [-0.2, -0.15) is 0 Å². The fourth-order valence-electron chi connectivity index (χ4n) is 1.03. The summed E-state index contributed by atoms with van der Waals surface area (Å²) in [6.45, 7) is 4.12. The van der Waals surface area contributed by atoms with Crippen LogP contribution in [0.15, 0.2) is 4.99 Å². The molecule has 0 aliphatic carbocycles. The Kier molecular flexibility index (Phi) is 4.50. The van der Waals surface area contributed by atoms with E-state index in [4.69, 9.17) is 11.1 Å². The zero-order valence-corrected chi connectivity index (χ0v) is 7.52. The first-order valence-electron chi connectivity index (χ1n) is 3.98. The Balaban J connectivity index is 4.21. The molecule has 3 heteroatoms. The lowest BCUT2D eigenvalue weighted by Crippen LogP contribution is -2.29. The van der Waals surface area contributed by atoms with Crippen molar-refractivity contribution in [2.45, 2.75) is 26.7 Å². The van der Waals surface area contributed by atoms with Crippen LogP contribution in [0.25, 0.3) is 0 Å². The molecule has 0 unspecified atom stereocenters. The van der Waals surface area contributed by atoms with E-state index in [1.807, 2.05) is 0 Å². The zero-order chi connectivity index (χ0) is 8.85. The van der Waals surface area contributed by atoms with Crippen molar-refractivity contribution in [2.75, 3.05) is 7.05 Å². The molecule has 3 N–H and O–H groups in total. The van der Waals surface area contributed by atoms with Gasteiger partial charge in [-0.05, 0) is 12.8 Å². The quantitative estimate of drug-likeness (QED) is 0.468. The maximum Gasteiger partial charge on any atom is 0.139 e. The lowest BCUT2D eigenvalue weighted by molar-refractivity contribution is 0.644. The summed E-state index contributed by atoms with van der Waals surface area (Å²) in [6.07, 6.45) is 1.93. The van der Waals surface area contributed by atoms with Crippen LogP contribution in [0.3, 0.4) is 0 Å². The molecule has 0 spiro atoms. The minimum Gasteiger partial charge on any atom is -0.383 e. The summed E-state index contributed by atoms with van der Waals surface area (Å²) in [5.74, 6) is 0.650. The molecule has 0 aromatic rings. The van der Waals surface area contributed by atoms with Crippen molar-refractivity contribution in [1.29, 1.82) is 5.41 Å². The van der Waals surface area contributed by atoms with E-state index in [9.17, 15) is 0 Å². The van der Waals surface area contributed by atoms with Gasteiger partial charge in [0, 0.05) is 13.0 Å². The second-order valence-corrected chi connectivity index (χ2v) is 2.54. The van der Waals surface area contributed by atoms with Gasteiger partial charge in [-0.15, -0.1) is 0 Å². The lowest BCUT2D eigenvalue weighted by Gasteiger charge is -2.12. The molecule has 0 rings (SSSR count). The number of nitrogens with one attached hydrogen (secondary N) is 1. The lowest BCUT2D eigenvalue weighted by atomic mass is 9.97. The smallest absolute Gasteiger partial charge is 0.139 e. The summed E-state index contributed by atoms with van der Waals surface area (Å²) in [5, 5.41) is 7.60. The number of aliphatic imine (C=N–C) groups is 1. The summed E-state index contributed by atoms with van der Waals surface area (Å²) in [4.78, 5) is 3.78. The topological polar surface area (TPSA) is 62.2 Å². The average molecular weight is 155 g/mol. The fourth-order valence-corrected chi connectivity index (χ4v) is 1.03. The molecule has 0 aromatic heterocycles. The monoisotopic (exact) mass is 155 g/mol. The van der Waals surface area contributed by atoms with E-state index in [-0.39, 0.29) is 5.92 Å². The second kappa shape index (κ2) is 4.88. The normalized spacial score (nSPS) is 12.2. The van der Waals surface area contributed by atoms with Gasteiger partial charge in [-0.25, -0.2) is 0 Å². The van der Waals surface area contributed by atoms with Crippen LogP contribution >= 0.6 is 0 Å². The molecule has 0 bridgehead atoms. The van der Waals surface area contributed by atoms with Crippen molar-refractivity contribution in [1.82, 2.24) is 0 Å². The third-order valence-electron chi connectivity index (χ3n) is 1.91. The highest BCUT2D eigenvalue weighted by Gasteiger charge is 2.12. The van der Waals surface area contributed by atoms with E-state index >= 15 is 0 Å². The first-order valence-corrected chi connectivity index (χ1v) is 3.98. The Morgan fingerprint density at radius 3 is 2.18 bits per heavy atom. The third-order valence-corrected chi connectivity index (χ3v) is 1.91. The van der Waals surface area contributed by atoms with E-state index in [0.29, 0.717) is 11.5 Å². The van der Waals surface area contributed by atoms with Crippen molar-refractivity contribution in [3.8, 4) is 0 Å². The van der Waals surface area contributed by atoms with Crippen molar-refractivity contribution in [2.24, 2.45) is 16.6 Å². The maximum atomic E-state index is 7.60. The predicted molar refractivity (Wildman–Crippen MR) is 49.3 cm³/mol. The Bertz CT molecular complexity index is 157. The molecule has 0 heterocycles. The van der Waals surface area contributed by atoms with Crippen molar-refractivity contribution >= 4 is 11.5 Å². The highest BCUT2D eigenvalue weighted by atomic mass is 14.8. The molecule has 0 saturated heterocycles. The van der Waals surface area contributed by atoms with Crippen molar-refractivity contribution in [3.05, 3.63) is 0 Å². The third kappa shape index (κ3) is 2.70. The molecule has 0 radical (unpaired) electrons. The van der Waals surface area contributed by atoms with Gasteiger partial charge < -0.3 is 11.1 Å². The molecule has 0 aromatic carbocycles. The van der Waals surface area contributed by atoms with Crippen LogP contribution in [-0.4, -0.2) is 18.6 Å². The van der Waals surface area contributed by atoms with Gasteiger partial charge >= 0.3 is 0 Å². The van der Waals surface area contributed by atoms with Gasteiger partial charge in [0.2, 0.25) is 0 Å². The zero-order valence-electron chi connectivity index (χ0n) is 7.52. The number of hydrogen-bond donors (Lipinski definition) is 2. The molecule has 0 amide bonds. The second-order valence-electron chi connectivity index (χ2n) is 2.54. The van der Waals surface area contributed by atoms with Gasteiger partial charge in [0.1, 0.15) is 5.84 Å². The largest absolute Gasteiger partial charge is 0.383 e. The van der Waals surface area contributed by atoms with Crippen LogP contribution in [0.1, 0.15) is 26.7 Å². The Morgan fingerprint density at radius 2 is 1.91 bits per heavy atom. The molecule has 0 atom stereocenters. The van der Waals surface area contributed by atoms with E-state index in [1.165, 1.54) is 0 Å². The number of rotatable bonds is 4. The Morgan fingerprint density at radius 1 is 1.45 bits per heavy atom. The summed E-state index contributed by atoms with van der Waals surface area (Å²) >= 11 is 0. The van der Waals surface area contributed by atoms with Crippen LogP contribution in [0.5, 0.6) is 0 Å². The molecule has 0 saturated carbocycles. The minimum atomic E-state index is 0.277. The first-order chi connectivity index (χ1) is 5.17. The van der Waals surface area contributed by atoms with E-state index in [1.54, 1.807) is 7.05 Å². The highest BCUT2D eigenvalue weighted by molar-refractivity contribution is 6.40. The molecule has 0 aliphatic rings. The summed E-state index contributed by atoms with van der Waals surface area (Å²) < 4.78 is 0. The number of nitrogens with zero attached hydrogens (tertiary/aromatic N) is 1. The SMILES string of the molecule is CCC(CC)C(=N)C(N)=NC. The predicted octanol–water partition coefficient (Wildman–Crippen LogP) is 1.43. The molecule has 0 aliphatic heterocycles. The van der Waals surface area contributed by atoms with Crippen LogP contribution in [-0.2, 0) is 0 Å². The van der Waals surface area contributed by atoms with Gasteiger partial charge in [0.05, 0.1) is 5.71 Å². The standard InChI is InChI=1S/C8H17N3/c1-4-6(5-2)7(9)8(10)11-3/h6,9H,4-5H2,1-3H3,(H2,10,11). The highest BCUT2D eigenvalue weighted by Crippen LogP contribution is 2.08. The molecular formula is C8H17N3. The maximum absolute atomic E-state index is 7.60. The summed E-state index contributed by atoms with van der Waals surface area (Å²) in [7, 11) is 1.62. The summed E-state index contributed by atoms with van der Waals surface area (Å²) in [5.41, 5.74) is 5.98. The number of hydrogen-bond acceptors (Lipinski definition) is 2. The van der Waals surface area contributed by atoms with Crippen LogP contribution in [0.2, 0.25) is 0 Å². The van der Waals surface area contributed by atoms with E-state index in [0.717, 1.165) is 12.8 Å². The van der Waals surface area contributed by atoms with Gasteiger partial charge in [0.25, 0.3) is 0 Å². The molecule has 3 nitrogen and oxygen atoms in total. The average Bonchev–Trinajstić information content (AvgIpc) is 2.05. The Hall–Kier alpha value is -0.860. The van der Waals surface area contributed by atoms with E-state index < -0.39 is 0 Å².